The molecule has 0 aliphatic rings. The molecule has 4 heteroatoms. The molecule has 0 spiro atoms. The fourth-order valence-electron chi connectivity index (χ4n) is 1.38. The standard InChI is InChI=1S/C10H14F2N2/c1-6(2)10(14-13)7-3-4-8(11)9(12)5-7/h3-6,10,14H,13H2,1-2H3. The van der Waals surface area contributed by atoms with Crippen molar-refractivity contribution in [1.82, 2.24) is 5.43 Å². The minimum Gasteiger partial charge on any atom is -0.271 e. The van der Waals surface area contributed by atoms with E-state index in [9.17, 15) is 8.78 Å². The number of hydrazine groups is 1. The average molecular weight is 200 g/mol. The molecule has 1 aromatic rings. The van der Waals surface area contributed by atoms with E-state index in [-0.39, 0.29) is 12.0 Å². The predicted molar refractivity (Wildman–Crippen MR) is 51.3 cm³/mol. The number of rotatable bonds is 3. The Labute approximate surface area is 82.1 Å². The van der Waals surface area contributed by atoms with Crippen LogP contribution >= 0.6 is 0 Å². The third-order valence-electron chi connectivity index (χ3n) is 2.15. The van der Waals surface area contributed by atoms with E-state index in [4.69, 9.17) is 5.84 Å². The van der Waals surface area contributed by atoms with Gasteiger partial charge in [0.15, 0.2) is 11.6 Å². The van der Waals surface area contributed by atoms with Gasteiger partial charge in [-0.15, -0.1) is 0 Å². The average Bonchev–Trinajstić information content (AvgIpc) is 2.11. The number of benzene rings is 1. The van der Waals surface area contributed by atoms with Crippen LogP contribution in [0.1, 0.15) is 25.5 Å². The largest absolute Gasteiger partial charge is 0.271 e. The van der Waals surface area contributed by atoms with Crippen molar-refractivity contribution in [2.75, 3.05) is 0 Å². The van der Waals surface area contributed by atoms with Crippen LogP contribution in [0.3, 0.4) is 0 Å². The van der Waals surface area contributed by atoms with Gasteiger partial charge in [-0.1, -0.05) is 19.9 Å². The molecule has 1 unspecified atom stereocenters. The number of nitrogens with one attached hydrogen (secondary N) is 1. The summed E-state index contributed by atoms with van der Waals surface area (Å²) in [5, 5.41) is 0. The van der Waals surface area contributed by atoms with E-state index in [1.165, 1.54) is 12.1 Å². The summed E-state index contributed by atoms with van der Waals surface area (Å²) in [5.74, 6) is 3.86. The van der Waals surface area contributed by atoms with Crippen molar-refractivity contribution < 1.29 is 8.78 Å². The number of nitrogens with two attached hydrogens (primary N) is 1. The summed E-state index contributed by atoms with van der Waals surface area (Å²) >= 11 is 0. The highest BCUT2D eigenvalue weighted by Crippen LogP contribution is 2.22. The smallest absolute Gasteiger partial charge is 0.159 e. The van der Waals surface area contributed by atoms with Gasteiger partial charge in [0.2, 0.25) is 0 Å². The van der Waals surface area contributed by atoms with Gasteiger partial charge in [-0.25, -0.2) is 8.78 Å². The lowest BCUT2D eigenvalue weighted by Crippen LogP contribution is -2.31. The Hall–Kier alpha value is -1.00. The molecule has 0 aliphatic carbocycles. The first kappa shape index (κ1) is 11.1. The Morgan fingerprint density at radius 2 is 1.86 bits per heavy atom. The molecule has 0 saturated heterocycles. The molecule has 0 aliphatic heterocycles. The Bertz CT molecular complexity index is 313. The van der Waals surface area contributed by atoms with Crippen molar-refractivity contribution in [2.45, 2.75) is 19.9 Å². The fourth-order valence-corrected chi connectivity index (χ4v) is 1.38. The highest BCUT2D eigenvalue weighted by molar-refractivity contribution is 5.21. The van der Waals surface area contributed by atoms with E-state index < -0.39 is 11.6 Å². The van der Waals surface area contributed by atoms with Gasteiger partial charge in [-0.05, 0) is 23.6 Å². The van der Waals surface area contributed by atoms with E-state index in [1.54, 1.807) is 0 Å². The minimum absolute atomic E-state index is 0.162. The van der Waals surface area contributed by atoms with Crippen LogP contribution in [0.4, 0.5) is 8.78 Å². The topological polar surface area (TPSA) is 38.0 Å². The number of hydrogen-bond acceptors (Lipinski definition) is 2. The highest BCUT2D eigenvalue weighted by atomic mass is 19.2. The van der Waals surface area contributed by atoms with Crippen molar-refractivity contribution in [3.05, 3.63) is 35.4 Å². The minimum atomic E-state index is -0.844. The molecular weight excluding hydrogens is 186 g/mol. The zero-order valence-electron chi connectivity index (χ0n) is 8.22. The van der Waals surface area contributed by atoms with Crippen LogP contribution in [0.5, 0.6) is 0 Å². The molecule has 1 rings (SSSR count). The second-order valence-electron chi connectivity index (χ2n) is 3.56. The van der Waals surface area contributed by atoms with E-state index >= 15 is 0 Å². The lowest BCUT2D eigenvalue weighted by molar-refractivity contribution is 0.416. The van der Waals surface area contributed by atoms with Crippen LogP contribution in [0.25, 0.3) is 0 Å². The van der Waals surface area contributed by atoms with Crippen LogP contribution in [-0.2, 0) is 0 Å². The Morgan fingerprint density at radius 3 is 2.29 bits per heavy atom. The lowest BCUT2D eigenvalue weighted by Gasteiger charge is -2.20. The SMILES string of the molecule is CC(C)C(NN)c1ccc(F)c(F)c1. The van der Waals surface area contributed by atoms with Gasteiger partial charge < -0.3 is 0 Å². The van der Waals surface area contributed by atoms with Crippen LogP contribution in [-0.4, -0.2) is 0 Å². The summed E-state index contributed by atoms with van der Waals surface area (Å²) in [7, 11) is 0. The second kappa shape index (κ2) is 4.48. The monoisotopic (exact) mass is 200 g/mol. The first-order chi connectivity index (χ1) is 6.56. The molecule has 0 aromatic heterocycles. The molecule has 0 radical (unpaired) electrons. The molecule has 0 saturated carbocycles. The first-order valence-corrected chi connectivity index (χ1v) is 4.47. The van der Waals surface area contributed by atoms with Crippen LogP contribution in [0, 0.1) is 17.6 Å². The lowest BCUT2D eigenvalue weighted by atomic mass is 9.97. The first-order valence-electron chi connectivity index (χ1n) is 4.47. The van der Waals surface area contributed by atoms with Crippen LogP contribution in [0.2, 0.25) is 0 Å². The van der Waals surface area contributed by atoms with Gasteiger partial charge in [-0.3, -0.25) is 11.3 Å². The molecule has 1 atom stereocenters. The van der Waals surface area contributed by atoms with Gasteiger partial charge in [0.05, 0.1) is 0 Å². The maximum atomic E-state index is 12.9. The van der Waals surface area contributed by atoms with Crippen molar-refractivity contribution in [3.63, 3.8) is 0 Å². The maximum absolute atomic E-state index is 12.9. The summed E-state index contributed by atoms with van der Waals surface area (Å²) in [6, 6.07) is 3.64. The van der Waals surface area contributed by atoms with Crippen molar-refractivity contribution in [1.29, 1.82) is 0 Å². The van der Waals surface area contributed by atoms with Gasteiger partial charge in [0.1, 0.15) is 0 Å². The molecule has 78 valence electrons. The van der Waals surface area contributed by atoms with Crippen molar-refractivity contribution in [2.24, 2.45) is 11.8 Å². The van der Waals surface area contributed by atoms with Crippen molar-refractivity contribution in [3.8, 4) is 0 Å². The molecule has 0 amide bonds. The summed E-state index contributed by atoms with van der Waals surface area (Å²) < 4.78 is 25.5. The van der Waals surface area contributed by atoms with Gasteiger partial charge in [0.25, 0.3) is 0 Å². The Morgan fingerprint density at radius 1 is 1.21 bits per heavy atom. The maximum Gasteiger partial charge on any atom is 0.159 e. The van der Waals surface area contributed by atoms with E-state index in [0.717, 1.165) is 6.07 Å². The van der Waals surface area contributed by atoms with Gasteiger partial charge in [-0.2, -0.15) is 0 Å². The van der Waals surface area contributed by atoms with Gasteiger partial charge in [0, 0.05) is 6.04 Å². The zero-order valence-corrected chi connectivity index (χ0v) is 8.22. The highest BCUT2D eigenvalue weighted by Gasteiger charge is 2.15. The van der Waals surface area contributed by atoms with Crippen LogP contribution < -0.4 is 11.3 Å². The Balaban J connectivity index is 3.00. The summed E-state index contributed by atoms with van der Waals surface area (Å²) in [6.45, 7) is 3.90. The molecule has 0 heterocycles. The Kier molecular flexibility index (Phi) is 3.55. The zero-order chi connectivity index (χ0) is 10.7. The number of halogens is 2. The van der Waals surface area contributed by atoms with E-state index in [1.807, 2.05) is 13.8 Å². The van der Waals surface area contributed by atoms with Crippen LogP contribution in [0.15, 0.2) is 18.2 Å². The summed E-state index contributed by atoms with van der Waals surface area (Å²) in [5.41, 5.74) is 3.23. The van der Waals surface area contributed by atoms with E-state index in [0.29, 0.717) is 5.56 Å². The number of hydrogen-bond donors (Lipinski definition) is 2. The predicted octanol–water partition coefficient (Wildman–Crippen LogP) is 2.13. The molecule has 2 nitrogen and oxygen atoms in total. The molecule has 0 bridgehead atoms. The summed E-state index contributed by atoms with van der Waals surface area (Å²) in [6.07, 6.45) is 0. The van der Waals surface area contributed by atoms with Crippen molar-refractivity contribution >= 4 is 0 Å². The second-order valence-corrected chi connectivity index (χ2v) is 3.56. The molecule has 3 N–H and O–H groups in total. The fraction of sp³-hybridized carbons (Fsp3) is 0.400. The third-order valence-corrected chi connectivity index (χ3v) is 2.15. The normalized spacial score (nSPS) is 13.3. The molecular formula is C10H14F2N2. The quantitative estimate of drug-likeness (QED) is 0.579. The molecule has 1 aromatic carbocycles. The molecule has 0 fully saturated rings. The van der Waals surface area contributed by atoms with Gasteiger partial charge >= 0.3 is 0 Å². The molecule has 14 heavy (non-hydrogen) atoms. The summed E-state index contributed by atoms with van der Waals surface area (Å²) in [4.78, 5) is 0. The third kappa shape index (κ3) is 2.27. The van der Waals surface area contributed by atoms with E-state index in [2.05, 4.69) is 5.43 Å².